The summed E-state index contributed by atoms with van der Waals surface area (Å²) in [5.41, 5.74) is -0.0521. The highest BCUT2D eigenvalue weighted by atomic mass is 32.2. The lowest BCUT2D eigenvalue weighted by Gasteiger charge is -2.34. The van der Waals surface area contributed by atoms with E-state index in [9.17, 15) is 21.6 Å². The second-order valence-electron chi connectivity index (χ2n) is 6.27. The Morgan fingerprint density at radius 2 is 1.83 bits per heavy atom. The zero-order valence-electron chi connectivity index (χ0n) is 14.8. The molecule has 1 aliphatic heterocycles. The number of hydrogen-bond acceptors (Lipinski definition) is 7. The monoisotopic (exact) mass is 444 g/mol. The normalized spacial score (nSPS) is 16.3. The van der Waals surface area contributed by atoms with Gasteiger partial charge in [-0.2, -0.15) is 17.5 Å². The van der Waals surface area contributed by atoms with Gasteiger partial charge in [0.2, 0.25) is 5.76 Å². The van der Waals surface area contributed by atoms with Crippen LogP contribution in [0.25, 0.3) is 10.6 Å². The number of alkyl halides is 3. The van der Waals surface area contributed by atoms with Crippen molar-refractivity contribution >= 4 is 27.2 Å². The first-order valence-corrected chi connectivity index (χ1v) is 10.8. The fourth-order valence-corrected chi connectivity index (χ4v) is 5.78. The molecule has 4 heterocycles. The molecule has 29 heavy (non-hydrogen) atoms. The van der Waals surface area contributed by atoms with Crippen LogP contribution in [0.1, 0.15) is 5.76 Å². The molecule has 3 aromatic rings. The maximum Gasteiger partial charge on any atom is 0.452 e. The lowest BCUT2D eigenvalue weighted by molar-refractivity contribution is -0.155. The second-order valence-corrected chi connectivity index (χ2v) is 9.52. The number of thiophene rings is 1. The molecule has 1 fully saturated rings. The van der Waals surface area contributed by atoms with Crippen LogP contribution in [-0.2, 0) is 16.2 Å². The highest BCUT2D eigenvalue weighted by Gasteiger charge is 2.36. The van der Waals surface area contributed by atoms with E-state index in [1.54, 1.807) is 6.20 Å². The zero-order valence-corrected chi connectivity index (χ0v) is 16.5. The molecule has 0 unspecified atom stereocenters. The van der Waals surface area contributed by atoms with E-state index in [-0.39, 0.29) is 27.9 Å². The van der Waals surface area contributed by atoms with Crippen LogP contribution in [0.5, 0.6) is 0 Å². The molecule has 0 bridgehead atoms. The van der Waals surface area contributed by atoms with Crippen molar-refractivity contribution in [2.45, 2.75) is 10.4 Å². The molecule has 0 radical (unpaired) electrons. The van der Waals surface area contributed by atoms with Crippen LogP contribution in [0.3, 0.4) is 0 Å². The van der Waals surface area contributed by atoms with E-state index in [1.165, 1.54) is 16.4 Å². The van der Waals surface area contributed by atoms with Crippen LogP contribution in [0.4, 0.5) is 19.0 Å². The summed E-state index contributed by atoms with van der Waals surface area (Å²) in [5, 5.41) is 3.40. The van der Waals surface area contributed by atoms with Crippen molar-refractivity contribution in [1.82, 2.24) is 14.4 Å². The van der Waals surface area contributed by atoms with Crippen LogP contribution in [0.2, 0.25) is 0 Å². The summed E-state index contributed by atoms with van der Waals surface area (Å²) >= 11 is 0.862. The Kier molecular flexibility index (Phi) is 5.09. The Labute approximate surface area is 168 Å². The Morgan fingerprint density at radius 3 is 2.45 bits per heavy atom. The molecule has 1 aliphatic rings. The minimum atomic E-state index is -4.65. The Balaban J connectivity index is 1.48. The molecule has 3 aromatic heterocycles. The highest BCUT2D eigenvalue weighted by Crippen LogP contribution is 2.36. The molecule has 0 saturated carbocycles. The predicted molar refractivity (Wildman–Crippen MR) is 100 cm³/mol. The maximum atomic E-state index is 12.9. The lowest BCUT2D eigenvalue weighted by Crippen LogP contribution is -2.48. The van der Waals surface area contributed by atoms with E-state index >= 15 is 0 Å². The first-order chi connectivity index (χ1) is 13.7. The number of piperazine rings is 1. The van der Waals surface area contributed by atoms with Crippen LogP contribution in [0, 0.1) is 0 Å². The van der Waals surface area contributed by atoms with Crippen molar-refractivity contribution < 1.29 is 26.1 Å². The third-order valence-corrected chi connectivity index (χ3v) is 7.90. The Bertz CT molecular complexity index is 1090. The number of rotatable bonds is 4. The van der Waals surface area contributed by atoms with Gasteiger partial charge in [0, 0.05) is 38.4 Å². The van der Waals surface area contributed by atoms with Crippen molar-refractivity contribution in [2.24, 2.45) is 0 Å². The van der Waals surface area contributed by atoms with E-state index in [1.807, 2.05) is 23.1 Å². The van der Waals surface area contributed by atoms with Crippen LogP contribution in [0.15, 0.2) is 51.3 Å². The molecule has 0 aliphatic carbocycles. The smallest absolute Gasteiger partial charge is 0.354 e. The van der Waals surface area contributed by atoms with Crippen molar-refractivity contribution in [3.05, 3.63) is 48.4 Å². The average molecular weight is 444 g/mol. The fourth-order valence-electron chi connectivity index (χ4n) is 2.95. The van der Waals surface area contributed by atoms with Gasteiger partial charge < -0.3 is 9.42 Å². The van der Waals surface area contributed by atoms with Gasteiger partial charge >= 0.3 is 6.18 Å². The number of aromatic nitrogens is 2. The summed E-state index contributed by atoms with van der Waals surface area (Å²) in [7, 11) is -3.75. The van der Waals surface area contributed by atoms with E-state index < -0.39 is 22.0 Å². The van der Waals surface area contributed by atoms with Crippen LogP contribution < -0.4 is 4.90 Å². The van der Waals surface area contributed by atoms with Gasteiger partial charge in [0.1, 0.15) is 15.7 Å². The summed E-state index contributed by atoms with van der Waals surface area (Å²) in [6.45, 7) is 1.56. The van der Waals surface area contributed by atoms with Crippen molar-refractivity contribution in [3.8, 4) is 10.6 Å². The number of pyridine rings is 1. The lowest BCUT2D eigenvalue weighted by atomic mass is 10.3. The fraction of sp³-hybridized carbons (Fsp3) is 0.294. The van der Waals surface area contributed by atoms with E-state index in [4.69, 9.17) is 0 Å². The SMILES string of the molecule is O=S(=O)(c1ccc(-c2cc(C(F)(F)F)on2)s1)N1CCN(c2ccccn2)CC1. The standard InChI is InChI=1S/C17H15F3N4O3S2/c18-17(19,20)14-11-12(22-27-14)13-4-5-16(28-13)29(25,26)24-9-7-23(8-10-24)15-3-1-2-6-21-15/h1-6,11H,7-10H2. The number of anilines is 1. The molecular formula is C17H15F3N4O3S2. The Hall–Kier alpha value is -2.44. The van der Waals surface area contributed by atoms with Gasteiger partial charge in [0.05, 0.1) is 4.88 Å². The van der Waals surface area contributed by atoms with E-state index in [0.717, 1.165) is 23.2 Å². The Morgan fingerprint density at radius 1 is 1.07 bits per heavy atom. The predicted octanol–water partition coefficient (Wildman–Crippen LogP) is 3.33. The minimum absolute atomic E-state index is 0.0512. The average Bonchev–Trinajstić information content (AvgIpc) is 3.38. The third-order valence-electron chi connectivity index (χ3n) is 4.43. The van der Waals surface area contributed by atoms with Crippen molar-refractivity contribution in [2.75, 3.05) is 31.1 Å². The number of nitrogens with zero attached hydrogens (tertiary/aromatic N) is 4. The number of sulfonamides is 1. The van der Waals surface area contributed by atoms with Gasteiger partial charge in [0.15, 0.2) is 0 Å². The summed E-state index contributed by atoms with van der Waals surface area (Å²) in [5.74, 6) is -0.439. The molecule has 1 saturated heterocycles. The molecular weight excluding hydrogens is 429 g/mol. The molecule has 0 N–H and O–H groups in total. The first kappa shape index (κ1) is 19.9. The van der Waals surface area contributed by atoms with Gasteiger partial charge in [-0.25, -0.2) is 13.4 Å². The maximum absolute atomic E-state index is 12.9. The van der Waals surface area contributed by atoms with Crippen LogP contribution >= 0.6 is 11.3 Å². The van der Waals surface area contributed by atoms with Gasteiger partial charge in [-0.1, -0.05) is 11.2 Å². The molecule has 0 atom stereocenters. The van der Waals surface area contributed by atoms with E-state index in [2.05, 4.69) is 14.7 Å². The van der Waals surface area contributed by atoms with Gasteiger partial charge in [-0.15, -0.1) is 11.3 Å². The molecule has 0 aromatic carbocycles. The summed E-state index contributed by atoms with van der Waals surface area (Å²) in [6, 6.07) is 9.11. The summed E-state index contributed by atoms with van der Waals surface area (Å²) in [4.78, 5) is 6.55. The van der Waals surface area contributed by atoms with Crippen molar-refractivity contribution in [3.63, 3.8) is 0 Å². The quantitative estimate of drug-likeness (QED) is 0.614. The van der Waals surface area contributed by atoms with Crippen molar-refractivity contribution in [1.29, 1.82) is 0 Å². The van der Waals surface area contributed by atoms with Crippen LogP contribution in [-0.4, -0.2) is 49.0 Å². The van der Waals surface area contributed by atoms with Gasteiger partial charge in [-0.05, 0) is 24.3 Å². The van der Waals surface area contributed by atoms with Gasteiger partial charge in [0.25, 0.3) is 10.0 Å². The molecule has 4 rings (SSSR count). The molecule has 0 amide bonds. The molecule has 12 heteroatoms. The number of halogens is 3. The van der Waals surface area contributed by atoms with E-state index in [0.29, 0.717) is 13.1 Å². The minimum Gasteiger partial charge on any atom is -0.354 e. The summed E-state index contributed by atoms with van der Waals surface area (Å²) in [6.07, 6.45) is -2.97. The zero-order chi connectivity index (χ0) is 20.6. The van der Waals surface area contributed by atoms with Gasteiger partial charge in [-0.3, -0.25) is 0 Å². The summed E-state index contributed by atoms with van der Waals surface area (Å²) < 4.78 is 69.6. The highest BCUT2D eigenvalue weighted by molar-refractivity contribution is 7.91. The number of hydrogen-bond donors (Lipinski definition) is 0. The molecule has 7 nitrogen and oxygen atoms in total. The molecule has 0 spiro atoms. The molecule has 154 valence electrons. The first-order valence-electron chi connectivity index (χ1n) is 8.55. The largest absolute Gasteiger partial charge is 0.452 e. The topological polar surface area (TPSA) is 79.5 Å². The third kappa shape index (κ3) is 4.00. The second kappa shape index (κ2) is 7.43.